The number of nitrogens with zero attached hydrogens (tertiary/aromatic N) is 3. The van der Waals surface area contributed by atoms with E-state index >= 15 is 0 Å². The first-order valence-corrected chi connectivity index (χ1v) is 7.73. The summed E-state index contributed by atoms with van der Waals surface area (Å²) in [5.74, 6) is 2.37. The number of benzene rings is 1. The number of halogens is 1. The largest absolute Gasteiger partial charge is 0.454 e. The summed E-state index contributed by atoms with van der Waals surface area (Å²) in [4.78, 5) is 4.60. The van der Waals surface area contributed by atoms with E-state index in [0.29, 0.717) is 13.3 Å². The summed E-state index contributed by atoms with van der Waals surface area (Å²) in [6.07, 6.45) is 3.72. The van der Waals surface area contributed by atoms with Crippen LogP contribution in [0.25, 0.3) is 0 Å². The van der Waals surface area contributed by atoms with Gasteiger partial charge in [0.25, 0.3) is 0 Å². The lowest BCUT2D eigenvalue weighted by Crippen LogP contribution is -2.38. The molecule has 1 aliphatic heterocycles. The molecule has 0 radical (unpaired) electrons. The Labute approximate surface area is 158 Å². The third kappa shape index (κ3) is 5.02. The van der Waals surface area contributed by atoms with Gasteiger partial charge in [-0.25, -0.2) is 4.99 Å². The summed E-state index contributed by atoms with van der Waals surface area (Å²) < 4.78 is 12.6. The lowest BCUT2D eigenvalue weighted by Gasteiger charge is -2.11. The number of nitrogens with one attached hydrogen (secondary N) is 2. The zero-order chi connectivity index (χ0) is 15.9. The summed E-state index contributed by atoms with van der Waals surface area (Å²) in [5.41, 5.74) is 1.08. The van der Waals surface area contributed by atoms with Gasteiger partial charge < -0.3 is 20.1 Å². The molecule has 1 aliphatic rings. The first-order chi connectivity index (χ1) is 11.3. The first-order valence-electron chi connectivity index (χ1n) is 7.73. The minimum absolute atomic E-state index is 0. The molecule has 2 heterocycles. The number of aromatic nitrogens is 2. The summed E-state index contributed by atoms with van der Waals surface area (Å²) in [5, 5.41) is 10.7. The maximum absolute atomic E-state index is 5.39. The van der Waals surface area contributed by atoms with E-state index in [2.05, 4.69) is 20.7 Å². The topological polar surface area (TPSA) is 72.7 Å². The minimum Gasteiger partial charge on any atom is -0.454 e. The third-order valence-electron chi connectivity index (χ3n) is 3.39. The van der Waals surface area contributed by atoms with E-state index in [1.807, 2.05) is 42.1 Å². The van der Waals surface area contributed by atoms with Crippen molar-refractivity contribution in [2.75, 3.05) is 19.9 Å². The van der Waals surface area contributed by atoms with Gasteiger partial charge in [0.2, 0.25) is 6.79 Å². The van der Waals surface area contributed by atoms with Crippen LogP contribution in [0.2, 0.25) is 0 Å². The average Bonchev–Trinajstić information content (AvgIpc) is 3.23. The molecule has 2 aromatic rings. The second-order valence-corrected chi connectivity index (χ2v) is 5.08. The molecule has 8 heteroatoms. The molecule has 0 amide bonds. The van der Waals surface area contributed by atoms with Gasteiger partial charge in [-0.2, -0.15) is 5.10 Å². The van der Waals surface area contributed by atoms with E-state index < -0.39 is 0 Å². The molecule has 0 saturated heterocycles. The molecule has 0 unspecified atom stereocenters. The van der Waals surface area contributed by atoms with Crippen LogP contribution in [0.4, 0.5) is 0 Å². The first kappa shape index (κ1) is 18.4. The Bertz CT molecular complexity index is 660. The fourth-order valence-electron chi connectivity index (χ4n) is 2.27. The van der Waals surface area contributed by atoms with Gasteiger partial charge in [-0.1, -0.05) is 6.07 Å². The molecule has 0 spiro atoms. The van der Waals surface area contributed by atoms with Crippen LogP contribution in [0.5, 0.6) is 11.5 Å². The number of hydrogen-bond acceptors (Lipinski definition) is 4. The van der Waals surface area contributed by atoms with Crippen molar-refractivity contribution in [2.45, 2.75) is 20.0 Å². The molecule has 1 aromatic heterocycles. The summed E-state index contributed by atoms with van der Waals surface area (Å²) >= 11 is 0. The van der Waals surface area contributed by atoms with Gasteiger partial charge in [0.05, 0.1) is 13.1 Å². The van der Waals surface area contributed by atoms with Crippen LogP contribution in [-0.2, 0) is 13.1 Å². The molecule has 0 saturated carbocycles. The number of fused-ring (bicyclic) bond motifs is 1. The Morgan fingerprint density at radius 3 is 2.96 bits per heavy atom. The highest BCUT2D eigenvalue weighted by molar-refractivity contribution is 14.0. The van der Waals surface area contributed by atoms with E-state index in [4.69, 9.17) is 9.47 Å². The summed E-state index contributed by atoms with van der Waals surface area (Å²) in [7, 11) is 0. The van der Waals surface area contributed by atoms with E-state index in [-0.39, 0.29) is 24.0 Å². The van der Waals surface area contributed by atoms with Crippen LogP contribution < -0.4 is 20.1 Å². The quantitative estimate of drug-likeness (QED) is 0.406. The van der Waals surface area contributed by atoms with Crippen molar-refractivity contribution in [1.82, 2.24) is 20.4 Å². The van der Waals surface area contributed by atoms with Crippen molar-refractivity contribution in [2.24, 2.45) is 4.99 Å². The smallest absolute Gasteiger partial charge is 0.231 e. The number of aliphatic imine (C=N–C) groups is 1. The Morgan fingerprint density at radius 2 is 2.17 bits per heavy atom. The van der Waals surface area contributed by atoms with E-state index in [1.54, 1.807) is 6.20 Å². The molecular formula is C16H22IN5O2. The van der Waals surface area contributed by atoms with Crippen LogP contribution >= 0.6 is 24.0 Å². The van der Waals surface area contributed by atoms with Gasteiger partial charge in [-0.15, -0.1) is 24.0 Å². The molecule has 0 aliphatic carbocycles. The molecule has 24 heavy (non-hydrogen) atoms. The fourth-order valence-corrected chi connectivity index (χ4v) is 2.27. The molecular weight excluding hydrogens is 421 g/mol. The minimum atomic E-state index is 0. The average molecular weight is 443 g/mol. The second-order valence-electron chi connectivity index (χ2n) is 5.08. The van der Waals surface area contributed by atoms with Crippen molar-refractivity contribution in [3.8, 4) is 11.5 Å². The SMILES string of the molecule is CCNC(=NCc1ccc2c(c1)OCO2)NCCn1cccn1.I. The third-order valence-corrected chi connectivity index (χ3v) is 3.39. The van der Waals surface area contributed by atoms with Crippen molar-refractivity contribution in [3.63, 3.8) is 0 Å². The molecule has 2 N–H and O–H groups in total. The number of rotatable bonds is 6. The highest BCUT2D eigenvalue weighted by Gasteiger charge is 2.12. The van der Waals surface area contributed by atoms with Crippen LogP contribution in [-0.4, -0.2) is 35.6 Å². The molecule has 1 aromatic carbocycles. The Morgan fingerprint density at radius 1 is 1.29 bits per heavy atom. The lowest BCUT2D eigenvalue weighted by molar-refractivity contribution is 0.174. The Hall–Kier alpha value is -1.97. The maximum atomic E-state index is 5.39. The van der Waals surface area contributed by atoms with Gasteiger partial charge in [-0.05, 0) is 30.7 Å². The normalized spacial score (nSPS) is 12.6. The van der Waals surface area contributed by atoms with Crippen molar-refractivity contribution in [1.29, 1.82) is 0 Å². The van der Waals surface area contributed by atoms with E-state index in [0.717, 1.165) is 42.7 Å². The molecule has 0 atom stereocenters. The second kappa shape index (κ2) is 9.36. The molecule has 7 nitrogen and oxygen atoms in total. The van der Waals surface area contributed by atoms with Gasteiger partial charge in [0.1, 0.15) is 0 Å². The predicted octanol–water partition coefficient (Wildman–Crippen LogP) is 1.99. The molecule has 0 bridgehead atoms. The molecule has 130 valence electrons. The van der Waals surface area contributed by atoms with Crippen LogP contribution in [0.1, 0.15) is 12.5 Å². The van der Waals surface area contributed by atoms with Gasteiger partial charge >= 0.3 is 0 Å². The van der Waals surface area contributed by atoms with Crippen molar-refractivity contribution in [3.05, 3.63) is 42.2 Å². The standard InChI is InChI=1S/C16H21N5O2.HI/c1-2-17-16(18-7-9-21-8-3-6-20-21)19-11-13-4-5-14-15(10-13)23-12-22-14;/h3-6,8,10H,2,7,9,11-12H2,1H3,(H2,17,18,19);1H. The Kier molecular flexibility index (Phi) is 7.16. The summed E-state index contributed by atoms with van der Waals surface area (Å²) in [6, 6.07) is 7.81. The number of ether oxygens (including phenoxy) is 2. The van der Waals surface area contributed by atoms with Crippen molar-refractivity contribution < 1.29 is 9.47 Å². The van der Waals surface area contributed by atoms with Gasteiger partial charge in [0, 0.05) is 25.5 Å². The lowest BCUT2D eigenvalue weighted by atomic mass is 10.2. The van der Waals surface area contributed by atoms with Crippen molar-refractivity contribution >= 4 is 29.9 Å². The van der Waals surface area contributed by atoms with Crippen LogP contribution in [0, 0.1) is 0 Å². The van der Waals surface area contributed by atoms with Crippen LogP contribution in [0.15, 0.2) is 41.7 Å². The highest BCUT2D eigenvalue weighted by atomic mass is 127. The van der Waals surface area contributed by atoms with Gasteiger partial charge in [-0.3, -0.25) is 4.68 Å². The monoisotopic (exact) mass is 443 g/mol. The van der Waals surface area contributed by atoms with Gasteiger partial charge in [0.15, 0.2) is 17.5 Å². The Balaban J connectivity index is 0.00000208. The molecule has 3 rings (SSSR count). The van der Waals surface area contributed by atoms with E-state index in [9.17, 15) is 0 Å². The van der Waals surface area contributed by atoms with Crippen LogP contribution in [0.3, 0.4) is 0 Å². The number of guanidine groups is 1. The fraction of sp³-hybridized carbons (Fsp3) is 0.375. The maximum Gasteiger partial charge on any atom is 0.231 e. The highest BCUT2D eigenvalue weighted by Crippen LogP contribution is 2.32. The number of hydrogen-bond donors (Lipinski definition) is 2. The zero-order valence-corrected chi connectivity index (χ0v) is 15.9. The van der Waals surface area contributed by atoms with E-state index in [1.165, 1.54) is 0 Å². The summed E-state index contributed by atoms with van der Waals surface area (Å²) in [6.45, 7) is 5.28. The molecule has 0 fully saturated rings. The zero-order valence-electron chi connectivity index (χ0n) is 13.6. The predicted molar refractivity (Wildman–Crippen MR) is 103 cm³/mol.